The molecule has 0 radical (unpaired) electrons. The summed E-state index contributed by atoms with van der Waals surface area (Å²) in [5.41, 5.74) is 1.25. The number of carbonyl (C=O) groups is 2. The summed E-state index contributed by atoms with van der Waals surface area (Å²) in [6, 6.07) is 6.91. The molecule has 0 saturated heterocycles. The predicted octanol–water partition coefficient (Wildman–Crippen LogP) is 2.22. The number of fused-ring (bicyclic) bond motifs is 2. The number of amides is 2. The minimum absolute atomic E-state index is 0.148. The first-order valence-corrected chi connectivity index (χ1v) is 9.19. The molecule has 1 aliphatic heterocycles. The van der Waals surface area contributed by atoms with Gasteiger partial charge in [0.05, 0.1) is 10.2 Å². The maximum atomic E-state index is 12.1. The Bertz CT molecular complexity index is 947. The lowest BCUT2D eigenvalue weighted by atomic mass is 10.2. The van der Waals surface area contributed by atoms with Gasteiger partial charge in [-0.05, 0) is 12.1 Å². The Morgan fingerprint density at radius 2 is 1.85 bits per heavy atom. The predicted molar refractivity (Wildman–Crippen MR) is 100 cm³/mol. The fourth-order valence-corrected chi connectivity index (χ4v) is 3.49. The van der Waals surface area contributed by atoms with Crippen LogP contribution in [0.1, 0.15) is 16.8 Å². The molecule has 27 heavy (non-hydrogen) atoms. The Morgan fingerprint density at radius 3 is 2.63 bits per heavy atom. The van der Waals surface area contributed by atoms with Crippen LogP contribution in [0.2, 0.25) is 0 Å². The van der Waals surface area contributed by atoms with Crippen LogP contribution in [0.15, 0.2) is 36.7 Å². The minimum atomic E-state index is -0.240. The molecule has 138 valence electrons. The Labute approximate surface area is 158 Å². The number of ether oxygens (including phenoxy) is 2. The van der Waals surface area contributed by atoms with Crippen LogP contribution in [0.4, 0.5) is 5.13 Å². The largest absolute Gasteiger partial charge is 0.486 e. The summed E-state index contributed by atoms with van der Waals surface area (Å²) in [5, 5.41) is 5.96. The standard InChI is InChI=1S/C18H16N4O4S/c23-16(3-6-20-17(24)11-1-4-19-5-2-11)22-18-21-12-9-13-14(10-15(12)27-18)26-8-7-25-13/h1-2,4-5,9-10H,3,6-8H2,(H,20,24)(H,21,22,23). The van der Waals surface area contributed by atoms with Crippen LogP contribution in [0.25, 0.3) is 10.2 Å². The zero-order chi connectivity index (χ0) is 18.6. The number of thiazole rings is 1. The van der Waals surface area contributed by atoms with E-state index < -0.39 is 0 Å². The van der Waals surface area contributed by atoms with Crippen LogP contribution in [-0.2, 0) is 4.79 Å². The molecule has 3 heterocycles. The van der Waals surface area contributed by atoms with Crippen molar-refractivity contribution in [3.63, 3.8) is 0 Å². The van der Waals surface area contributed by atoms with Gasteiger partial charge in [-0.3, -0.25) is 14.6 Å². The highest BCUT2D eigenvalue weighted by Crippen LogP contribution is 2.37. The lowest BCUT2D eigenvalue weighted by molar-refractivity contribution is -0.116. The minimum Gasteiger partial charge on any atom is -0.486 e. The SMILES string of the molecule is O=C(CCNC(=O)c1ccncc1)Nc1nc2cc3c(cc2s1)OCCO3. The van der Waals surface area contributed by atoms with Gasteiger partial charge in [-0.15, -0.1) is 0 Å². The average Bonchev–Trinajstić information content (AvgIpc) is 3.07. The first kappa shape index (κ1) is 17.2. The van der Waals surface area contributed by atoms with Gasteiger partial charge in [0.2, 0.25) is 5.91 Å². The molecule has 0 saturated carbocycles. The molecule has 0 bridgehead atoms. The monoisotopic (exact) mass is 384 g/mol. The number of benzene rings is 1. The molecule has 2 N–H and O–H groups in total. The second-order valence-corrected chi connectivity index (χ2v) is 6.80. The van der Waals surface area contributed by atoms with E-state index in [1.165, 1.54) is 11.3 Å². The maximum absolute atomic E-state index is 12.1. The van der Waals surface area contributed by atoms with Crippen LogP contribution in [0.3, 0.4) is 0 Å². The number of anilines is 1. The summed E-state index contributed by atoms with van der Waals surface area (Å²) in [5.74, 6) is 0.891. The summed E-state index contributed by atoms with van der Waals surface area (Å²) in [4.78, 5) is 32.3. The van der Waals surface area contributed by atoms with Gasteiger partial charge in [-0.25, -0.2) is 4.98 Å². The number of hydrogen-bond donors (Lipinski definition) is 2. The van der Waals surface area contributed by atoms with Crippen molar-refractivity contribution in [1.29, 1.82) is 0 Å². The summed E-state index contributed by atoms with van der Waals surface area (Å²) >= 11 is 1.36. The van der Waals surface area contributed by atoms with Crippen molar-refractivity contribution in [2.45, 2.75) is 6.42 Å². The Hall–Kier alpha value is -3.20. The zero-order valence-corrected chi connectivity index (χ0v) is 15.0. The number of hydrogen-bond acceptors (Lipinski definition) is 7. The smallest absolute Gasteiger partial charge is 0.251 e. The fourth-order valence-electron chi connectivity index (χ4n) is 2.60. The third-order valence-corrected chi connectivity index (χ3v) is 4.81. The Morgan fingerprint density at radius 1 is 1.11 bits per heavy atom. The average molecular weight is 384 g/mol. The van der Waals surface area contributed by atoms with Gasteiger partial charge in [-0.1, -0.05) is 11.3 Å². The van der Waals surface area contributed by atoms with Gasteiger partial charge in [0.25, 0.3) is 5.91 Å². The van der Waals surface area contributed by atoms with Crippen LogP contribution in [0, 0.1) is 0 Å². The van der Waals surface area contributed by atoms with E-state index in [9.17, 15) is 9.59 Å². The number of rotatable bonds is 5. The molecule has 1 aromatic carbocycles. The third-order valence-electron chi connectivity index (χ3n) is 3.88. The van der Waals surface area contributed by atoms with Crippen LogP contribution >= 0.6 is 11.3 Å². The molecule has 4 rings (SSSR count). The van der Waals surface area contributed by atoms with E-state index in [1.54, 1.807) is 24.5 Å². The van der Waals surface area contributed by atoms with Crippen LogP contribution in [-0.4, -0.2) is 41.5 Å². The van der Waals surface area contributed by atoms with Crippen molar-refractivity contribution in [3.05, 3.63) is 42.2 Å². The van der Waals surface area contributed by atoms with E-state index >= 15 is 0 Å². The van der Waals surface area contributed by atoms with Gasteiger partial charge < -0.3 is 20.1 Å². The van der Waals surface area contributed by atoms with Gasteiger partial charge in [0.1, 0.15) is 13.2 Å². The van der Waals surface area contributed by atoms with Crippen LogP contribution < -0.4 is 20.1 Å². The van der Waals surface area contributed by atoms with E-state index in [2.05, 4.69) is 20.6 Å². The lowest BCUT2D eigenvalue weighted by Crippen LogP contribution is -2.27. The third kappa shape index (κ3) is 3.98. The molecular formula is C18H16N4O4S. The van der Waals surface area contributed by atoms with Crippen molar-refractivity contribution in [2.75, 3.05) is 25.1 Å². The second kappa shape index (κ2) is 7.58. The van der Waals surface area contributed by atoms with Crippen molar-refractivity contribution >= 4 is 38.5 Å². The molecule has 2 amide bonds. The Balaban J connectivity index is 1.33. The molecule has 0 unspecified atom stereocenters. The lowest BCUT2D eigenvalue weighted by Gasteiger charge is -2.17. The molecule has 1 aliphatic rings. The van der Waals surface area contributed by atoms with Gasteiger partial charge in [0, 0.05) is 43.1 Å². The summed E-state index contributed by atoms with van der Waals surface area (Å²) in [6.07, 6.45) is 3.24. The van der Waals surface area contributed by atoms with E-state index in [4.69, 9.17) is 9.47 Å². The molecule has 8 nitrogen and oxygen atoms in total. The maximum Gasteiger partial charge on any atom is 0.251 e. The molecule has 3 aromatic rings. The summed E-state index contributed by atoms with van der Waals surface area (Å²) in [6.45, 7) is 1.26. The van der Waals surface area contributed by atoms with E-state index in [-0.39, 0.29) is 24.8 Å². The molecular weight excluding hydrogens is 368 g/mol. The van der Waals surface area contributed by atoms with E-state index in [0.29, 0.717) is 35.4 Å². The van der Waals surface area contributed by atoms with Crippen molar-refractivity contribution in [2.24, 2.45) is 0 Å². The number of carbonyl (C=O) groups excluding carboxylic acids is 2. The topological polar surface area (TPSA) is 102 Å². The molecule has 0 aliphatic carbocycles. The first-order chi connectivity index (χ1) is 13.2. The van der Waals surface area contributed by atoms with E-state index in [0.717, 1.165) is 10.2 Å². The normalized spacial score (nSPS) is 12.6. The first-order valence-electron chi connectivity index (χ1n) is 8.37. The van der Waals surface area contributed by atoms with E-state index in [1.807, 2.05) is 12.1 Å². The van der Waals surface area contributed by atoms with Crippen molar-refractivity contribution in [1.82, 2.24) is 15.3 Å². The second-order valence-electron chi connectivity index (χ2n) is 5.77. The molecule has 2 aromatic heterocycles. The van der Waals surface area contributed by atoms with Crippen molar-refractivity contribution < 1.29 is 19.1 Å². The number of nitrogens with zero attached hydrogens (tertiary/aromatic N) is 2. The van der Waals surface area contributed by atoms with Gasteiger partial charge >= 0.3 is 0 Å². The highest BCUT2D eigenvalue weighted by Gasteiger charge is 2.16. The van der Waals surface area contributed by atoms with Gasteiger partial charge in [-0.2, -0.15) is 0 Å². The highest BCUT2D eigenvalue weighted by atomic mass is 32.1. The van der Waals surface area contributed by atoms with Crippen LogP contribution in [0.5, 0.6) is 11.5 Å². The molecule has 0 spiro atoms. The zero-order valence-electron chi connectivity index (χ0n) is 14.2. The number of nitrogens with one attached hydrogen (secondary N) is 2. The van der Waals surface area contributed by atoms with Gasteiger partial charge in [0.15, 0.2) is 16.6 Å². The molecule has 0 atom stereocenters. The number of pyridine rings is 1. The molecule has 9 heteroatoms. The molecule has 0 fully saturated rings. The number of aromatic nitrogens is 2. The summed E-state index contributed by atoms with van der Waals surface area (Å²) in [7, 11) is 0. The van der Waals surface area contributed by atoms with Crippen molar-refractivity contribution in [3.8, 4) is 11.5 Å². The quantitative estimate of drug-likeness (QED) is 0.699. The highest BCUT2D eigenvalue weighted by molar-refractivity contribution is 7.22. The summed E-state index contributed by atoms with van der Waals surface area (Å²) < 4.78 is 12.0. The fraction of sp³-hybridized carbons (Fsp3) is 0.222. The Kier molecular flexibility index (Phi) is 4.84.